The van der Waals surface area contributed by atoms with Crippen molar-refractivity contribution >= 4 is 16.7 Å². The predicted octanol–water partition coefficient (Wildman–Crippen LogP) is 3.63. The van der Waals surface area contributed by atoms with Crippen molar-refractivity contribution in [3.63, 3.8) is 0 Å². The lowest BCUT2D eigenvalue weighted by Gasteiger charge is -2.25. The summed E-state index contributed by atoms with van der Waals surface area (Å²) in [4.78, 5) is 4.38. The molecule has 102 valence electrons. The van der Waals surface area contributed by atoms with E-state index in [1.165, 1.54) is 23.7 Å². The summed E-state index contributed by atoms with van der Waals surface area (Å²) in [6.45, 7) is 7.01. The second kappa shape index (κ2) is 5.65. The van der Waals surface area contributed by atoms with Crippen LogP contribution in [0.25, 0.3) is 0 Å². The van der Waals surface area contributed by atoms with Gasteiger partial charge in [0.25, 0.3) is 0 Å². The lowest BCUT2D eigenvalue weighted by Crippen LogP contribution is -2.27. The van der Waals surface area contributed by atoms with Crippen LogP contribution in [-0.2, 0) is 11.8 Å². The molecule has 2 aromatic rings. The Bertz CT molecular complexity index is 534. The van der Waals surface area contributed by atoms with Gasteiger partial charge in [-0.3, -0.25) is 0 Å². The van der Waals surface area contributed by atoms with Crippen LogP contribution in [0.3, 0.4) is 0 Å². The van der Waals surface area contributed by atoms with Crippen LogP contribution in [0.15, 0.2) is 24.3 Å². The van der Waals surface area contributed by atoms with Gasteiger partial charge in [-0.15, -0.1) is 0 Å². The SMILES string of the molecule is CCc1nsc(NCC(C)(C)c2ccc(F)cc2)n1. The molecule has 0 aliphatic heterocycles. The summed E-state index contributed by atoms with van der Waals surface area (Å²) in [5.74, 6) is 0.663. The fourth-order valence-corrected chi connectivity index (χ4v) is 2.41. The highest BCUT2D eigenvalue weighted by Gasteiger charge is 2.21. The van der Waals surface area contributed by atoms with Gasteiger partial charge in [0.1, 0.15) is 11.6 Å². The largest absolute Gasteiger partial charge is 0.359 e. The number of rotatable bonds is 5. The third-order valence-corrected chi connectivity index (χ3v) is 3.80. The maximum atomic E-state index is 12.9. The first-order chi connectivity index (χ1) is 9.01. The van der Waals surface area contributed by atoms with Gasteiger partial charge in [0.15, 0.2) is 0 Å². The zero-order valence-electron chi connectivity index (χ0n) is 11.4. The van der Waals surface area contributed by atoms with Crippen molar-refractivity contribution in [1.82, 2.24) is 9.36 Å². The summed E-state index contributed by atoms with van der Waals surface area (Å²) in [5, 5.41) is 4.14. The maximum absolute atomic E-state index is 12.9. The van der Waals surface area contributed by atoms with E-state index in [0.29, 0.717) is 0 Å². The molecule has 0 spiro atoms. The van der Waals surface area contributed by atoms with E-state index >= 15 is 0 Å². The number of halogens is 1. The molecule has 3 nitrogen and oxygen atoms in total. The molecule has 2 rings (SSSR count). The van der Waals surface area contributed by atoms with Crippen LogP contribution in [0.2, 0.25) is 0 Å². The molecular formula is C14H18FN3S. The van der Waals surface area contributed by atoms with E-state index < -0.39 is 0 Å². The number of nitrogens with zero attached hydrogens (tertiary/aromatic N) is 2. The number of hydrogen-bond donors (Lipinski definition) is 1. The highest BCUT2D eigenvalue weighted by atomic mass is 32.1. The van der Waals surface area contributed by atoms with Crippen LogP contribution in [0.4, 0.5) is 9.52 Å². The highest BCUT2D eigenvalue weighted by Crippen LogP contribution is 2.24. The quantitative estimate of drug-likeness (QED) is 0.908. The minimum Gasteiger partial charge on any atom is -0.359 e. The third kappa shape index (κ3) is 3.50. The van der Waals surface area contributed by atoms with E-state index in [4.69, 9.17) is 0 Å². The average Bonchev–Trinajstić information content (AvgIpc) is 2.85. The van der Waals surface area contributed by atoms with Crippen molar-refractivity contribution < 1.29 is 4.39 Å². The lowest BCUT2D eigenvalue weighted by molar-refractivity contribution is 0.553. The molecule has 0 unspecified atom stereocenters. The van der Waals surface area contributed by atoms with Gasteiger partial charge in [-0.2, -0.15) is 4.37 Å². The Labute approximate surface area is 117 Å². The zero-order valence-corrected chi connectivity index (χ0v) is 12.2. The molecule has 0 aliphatic carbocycles. The molecule has 1 N–H and O–H groups in total. The van der Waals surface area contributed by atoms with Gasteiger partial charge in [0, 0.05) is 29.9 Å². The molecule has 0 atom stereocenters. The molecule has 0 bridgehead atoms. The molecule has 1 aromatic heterocycles. The zero-order chi connectivity index (χ0) is 13.9. The Morgan fingerprint density at radius 3 is 2.53 bits per heavy atom. The van der Waals surface area contributed by atoms with Gasteiger partial charge in [0.2, 0.25) is 5.13 Å². The van der Waals surface area contributed by atoms with Crippen molar-refractivity contribution in [1.29, 1.82) is 0 Å². The number of hydrogen-bond acceptors (Lipinski definition) is 4. The Kier molecular flexibility index (Phi) is 4.14. The Morgan fingerprint density at radius 2 is 1.95 bits per heavy atom. The molecule has 1 heterocycles. The first kappa shape index (κ1) is 13.9. The van der Waals surface area contributed by atoms with Crippen molar-refractivity contribution in [2.75, 3.05) is 11.9 Å². The molecule has 0 fully saturated rings. The molecular weight excluding hydrogens is 261 g/mol. The van der Waals surface area contributed by atoms with Crippen LogP contribution >= 0.6 is 11.5 Å². The van der Waals surface area contributed by atoms with E-state index in [1.54, 1.807) is 0 Å². The molecule has 5 heteroatoms. The first-order valence-electron chi connectivity index (χ1n) is 6.34. The number of aromatic nitrogens is 2. The van der Waals surface area contributed by atoms with Gasteiger partial charge in [-0.05, 0) is 17.7 Å². The van der Waals surface area contributed by atoms with Crippen LogP contribution in [0.5, 0.6) is 0 Å². The second-order valence-electron chi connectivity index (χ2n) is 5.11. The summed E-state index contributed by atoms with van der Waals surface area (Å²) in [6, 6.07) is 6.65. The summed E-state index contributed by atoms with van der Waals surface area (Å²) in [6.07, 6.45) is 0.847. The van der Waals surface area contributed by atoms with Crippen LogP contribution in [0, 0.1) is 5.82 Å². The van der Waals surface area contributed by atoms with Crippen molar-refractivity contribution in [2.24, 2.45) is 0 Å². The maximum Gasteiger partial charge on any atom is 0.202 e. The van der Waals surface area contributed by atoms with Crippen molar-refractivity contribution in [3.05, 3.63) is 41.5 Å². The highest BCUT2D eigenvalue weighted by molar-refractivity contribution is 7.09. The lowest BCUT2D eigenvalue weighted by atomic mass is 9.85. The molecule has 19 heavy (non-hydrogen) atoms. The number of nitrogens with one attached hydrogen (secondary N) is 1. The summed E-state index contributed by atoms with van der Waals surface area (Å²) in [5.41, 5.74) is 1.01. The van der Waals surface area contributed by atoms with Gasteiger partial charge < -0.3 is 5.32 Å². The van der Waals surface area contributed by atoms with Gasteiger partial charge in [0.05, 0.1) is 0 Å². The number of benzene rings is 1. The fourth-order valence-electron chi connectivity index (χ4n) is 1.77. The van der Waals surface area contributed by atoms with Gasteiger partial charge in [-0.1, -0.05) is 32.9 Å². The third-order valence-electron chi connectivity index (χ3n) is 3.09. The Morgan fingerprint density at radius 1 is 1.26 bits per heavy atom. The van der Waals surface area contributed by atoms with Crippen LogP contribution in [-0.4, -0.2) is 15.9 Å². The molecule has 0 saturated heterocycles. The predicted molar refractivity (Wildman–Crippen MR) is 77.2 cm³/mol. The normalized spacial score (nSPS) is 11.6. The Balaban J connectivity index is 2.02. The monoisotopic (exact) mass is 279 g/mol. The number of anilines is 1. The van der Waals surface area contributed by atoms with Crippen LogP contribution in [0.1, 0.15) is 32.2 Å². The fraction of sp³-hybridized carbons (Fsp3) is 0.429. The van der Waals surface area contributed by atoms with Crippen molar-refractivity contribution in [3.8, 4) is 0 Å². The van der Waals surface area contributed by atoms with E-state index in [-0.39, 0.29) is 11.2 Å². The molecule has 0 aliphatic rings. The van der Waals surface area contributed by atoms with E-state index in [2.05, 4.69) is 28.5 Å². The smallest absolute Gasteiger partial charge is 0.202 e. The van der Waals surface area contributed by atoms with E-state index in [1.807, 2.05) is 19.1 Å². The van der Waals surface area contributed by atoms with Crippen molar-refractivity contribution in [2.45, 2.75) is 32.6 Å². The minimum atomic E-state index is -0.204. The summed E-state index contributed by atoms with van der Waals surface area (Å²) in [7, 11) is 0. The average molecular weight is 279 g/mol. The van der Waals surface area contributed by atoms with Gasteiger partial charge in [-0.25, -0.2) is 9.37 Å². The van der Waals surface area contributed by atoms with Crippen LogP contribution < -0.4 is 5.32 Å². The minimum absolute atomic E-state index is 0.0915. The van der Waals surface area contributed by atoms with E-state index in [9.17, 15) is 4.39 Å². The molecule has 1 aromatic carbocycles. The summed E-state index contributed by atoms with van der Waals surface area (Å²) < 4.78 is 17.2. The number of aryl methyl sites for hydroxylation is 1. The topological polar surface area (TPSA) is 37.8 Å². The van der Waals surface area contributed by atoms with Gasteiger partial charge >= 0.3 is 0 Å². The first-order valence-corrected chi connectivity index (χ1v) is 7.11. The van der Waals surface area contributed by atoms with E-state index in [0.717, 1.165) is 29.5 Å². The molecule has 0 radical (unpaired) electrons. The molecule has 0 saturated carbocycles. The summed E-state index contributed by atoms with van der Waals surface area (Å²) >= 11 is 1.38. The Hall–Kier alpha value is -1.49. The molecule has 0 amide bonds. The second-order valence-corrected chi connectivity index (χ2v) is 5.87. The standard InChI is InChI=1S/C14H18FN3S/c1-4-12-17-13(19-18-12)16-9-14(2,3)10-5-7-11(15)8-6-10/h5-8H,4,9H2,1-3H3,(H,16,17,18).